The summed E-state index contributed by atoms with van der Waals surface area (Å²) in [7, 11) is 0. The lowest BCUT2D eigenvalue weighted by molar-refractivity contribution is 0.423. The average molecular weight is 457 g/mol. The fourth-order valence-electron chi connectivity index (χ4n) is 0.0758. The van der Waals surface area contributed by atoms with Crippen molar-refractivity contribution in [3.8, 4) is 0 Å². The molecule has 0 unspecified atom stereocenters. The minimum Gasteiger partial charge on any atom is -0.216 e. The van der Waals surface area contributed by atoms with Crippen molar-refractivity contribution in [2.24, 2.45) is 0 Å². The summed E-state index contributed by atoms with van der Waals surface area (Å²) in [6, 6.07) is 0. The van der Waals surface area contributed by atoms with E-state index in [0.717, 1.165) is 0 Å². The van der Waals surface area contributed by atoms with Gasteiger partial charge in [0.05, 0.1) is 0 Å². The Balaban J connectivity index is 4.14. The minimum absolute atomic E-state index is 0.438. The Bertz CT molecular complexity index is 94.9. The first kappa shape index (κ1) is 11.3. The molecule has 0 heterocycles. The van der Waals surface area contributed by atoms with Crippen LogP contribution < -0.4 is 0 Å². The Morgan fingerprint density at radius 3 is 1.44 bits per heavy atom. The molecule has 0 saturated carbocycles. The fourth-order valence-corrected chi connectivity index (χ4v) is 1.49. The SMILES string of the molecule is FC(Br)(Br)C(Br)(Br)CBr. The van der Waals surface area contributed by atoms with Gasteiger partial charge in [-0.3, -0.25) is 0 Å². The van der Waals surface area contributed by atoms with Gasteiger partial charge in [0.1, 0.15) is 3.23 Å². The molecule has 0 fully saturated rings. The summed E-state index contributed by atoms with van der Waals surface area (Å²) in [5.74, 6) is 0. The molecule has 0 aromatic carbocycles. The highest BCUT2D eigenvalue weighted by Crippen LogP contribution is 2.50. The molecule has 0 aromatic heterocycles. The smallest absolute Gasteiger partial charge is 0.216 e. The van der Waals surface area contributed by atoms with E-state index < -0.39 is 6.72 Å². The molecule has 9 heavy (non-hydrogen) atoms. The van der Waals surface area contributed by atoms with Crippen LogP contribution in [0.1, 0.15) is 0 Å². The highest BCUT2D eigenvalue weighted by Gasteiger charge is 2.44. The van der Waals surface area contributed by atoms with Gasteiger partial charge in [-0.25, -0.2) is 4.39 Å². The van der Waals surface area contributed by atoms with Gasteiger partial charge in [-0.1, -0.05) is 47.8 Å². The molecule has 0 nitrogen and oxygen atoms in total. The third-order valence-corrected chi connectivity index (χ3v) is 8.06. The molecule has 0 radical (unpaired) electrons. The molecule has 0 saturated heterocycles. The average Bonchev–Trinajstić information content (AvgIpc) is 1.64. The number of hydrogen-bond donors (Lipinski definition) is 0. The molecule has 56 valence electrons. The second-order valence-electron chi connectivity index (χ2n) is 1.34. The Morgan fingerprint density at radius 2 is 1.44 bits per heavy atom. The third-order valence-electron chi connectivity index (χ3n) is 0.583. The Hall–Kier alpha value is 2.33. The van der Waals surface area contributed by atoms with Gasteiger partial charge in [-0.15, -0.1) is 0 Å². The van der Waals surface area contributed by atoms with Crippen molar-refractivity contribution in [3.63, 3.8) is 0 Å². The highest BCUT2D eigenvalue weighted by molar-refractivity contribution is 9.30. The topological polar surface area (TPSA) is 0 Å². The van der Waals surface area contributed by atoms with E-state index in [4.69, 9.17) is 0 Å². The third kappa shape index (κ3) is 3.49. The first-order valence-corrected chi connectivity index (χ1v) is 6.11. The van der Waals surface area contributed by atoms with Crippen molar-refractivity contribution in [3.05, 3.63) is 0 Å². The van der Waals surface area contributed by atoms with E-state index in [1.807, 2.05) is 0 Å². The van der Waals surface area contributed by atoms with Gasteiger partial charge >= 0.3 is 0 Å². The minimum atomic E-state index is -1.64. The van der Waals surface area contributed by atoms with Crippen LogP contribution in [0, 0.1) is 0 Å². The van der Waals surface area contributed by atoms with Gasteiger partial charge < -0.3 is 0 Å². The standard InChI is InChI=1S/C3H2Br5F/c4-1-2(5,6)3(7,8)9/h1H2. The summed E-state index contributed by atoms with van der Waals surface area (Å²) in [5, 5.41) is 0.438. The first-order valence-electron chi connectivity index (χ1n) is 1.82. The van der Waals surface area contributed by atoms with Crippen LogP contribution in [0.5, 0.6) is 0 Å². The number of alkyl halides is 6. The van der Waals surface area contributed by atoms with Crippen molar-refractivity contribution >= 4 is 79.6 Å². The molecule has 0 rings (SSSR count). The van der Waals surface area contributed by atoms with E-state index in [1.165, 1.54) is 0 Å². The summed E-state index contributed by atoms with van der Waals surface area (Å²) in [6.45, 7) is 0. The normalized spacial score (nSPS) is 14.0. The van der Waals surface area contributed by atoms with Crippen LogP contribution in [-0.2, 0) is 0 Å². The van der Waals surface area contributed by atoms with Crippen LogP contribution in [0.4, 0.5) is 4.39 Å². The van der Waals surface area contributed by atoms with Crippen LogP contribution in [0.15, 0.2) is 0 Å². The lowest BCUT2D eigenvalue weighted by Crippen LogP contribution is -2.31. The Labute approximate surface area is 95.0 Å². The van der Waals surface area contributed by atoms with E-state index in [2.05, 4.69) is 79.6 Å². The predicted octanol–water partition coefficient (Wildman–Crippen LogP) is 4.28. The first-order chi connectivity index (χ1) is 3.81. The maximum atomic E-state index is 12.9. The largest absolute Gasteiger partial charge is 0.244 e. The van der Waals surface area contributed by atoms with E-state index in [9.17, 15) is 4.39 Å². The maximum absolute atomic E-state index is 12.9. The van der Waals surface area contributed by atoms with Gasteiger partial charge in [0.25, 0.3) is 0 Å². The highest BCUT2D eigenvalue weighted by atomic mass is 79.9. The molecule has 0 aliphatic rings. The number of hydrogen-bond acceptors (Lipinski definition) is 0. The van der Waals surface area contributed by atoms with Crippen molar-refractivity contribution in [2.75, 3.05) is 5.33 Å². The molecule has 0 aliphatic heterocycles. The number of halogens is 6. The van der Waals surface area contributed by atoms with Gasteiger partial charge in [-0.05, 0) is 31.9 Å². The van der Waals surface area contributed by atoms with Gasteiger partial charge in [0, 0.05) is 5.33 Å². The predicted molar refractivity (Wildman–Crippen MR) is 56.1 cm³/mol. The summed E-state index contributed by atoms with van der Waals surface area (Å²) in [6.07, 6.45) is 0. The van der Waals surface area contributed by atoms with Crippen LogP contribution >= 0.6 is 79.6 Å². The zero-order chi connectivity index (χ0) is 7.71. The number of rotatable bonds is 2. The summed E-state index contributed by atoms with van der Waals surface area (Å²) >= 11 is 14.9. The molecule has 6 heteroatoms. The quantitative estimate of drug-likeness (QED) is 0.544. The molecule has 0 aliphatic carbocycles. The Kier molecular flexibility index (Phi) is 4.82. The molecular formula is C3H2Br5F. The summed E-state index contributed by atoms with van der Waals surface area (Å²) in [5.41, 5.74) is 0. The van der Waals surface area contributed by atoms with Crippen LogP contribution in [0.25, 0.3) is 0 Å². The summed E-state index contributed by atoms with van der Waals surface area (Å²) in [4.78, 5) is 0. The van der Waals surface area contributed by atoms with Crippen molar-refractivity contribution < 1.29 is 4.39 Å². The molecular weight excluding hydrogens is 455 g/mol. The van der Waals surface area contributed by atoms with Crippen molar-refractivity contribution in [1.82, 2.24) is 0 Å². The lowest BCUT2D eigenvalue weighted by Gasteiger charge is -2.24. The van der Waals surface area contributed by atoms with Crippen LogP contribution in [-0.4, -0.2) is 12.1 Å². The molecule has 0 spiro atoms. The molecule has 0 atom stereocenters. The van der Waals surface area contributed by atoms with Gasteiger partial charge in [0.15, 0.2) is 0 Å². The summed E-state index contributed by atoms with van der Waals surface area (Å²) < 4.78 is 10.4. The van der Waals surface area contributed by atoms with Crippen LogP contribution in [0.3, 0.4) is 0 Å². The molecule has 0 aromatic rings. The maximum Gasteiger partial charge on any atom is 0.244 e. The van der Waals surface area contributed by atoms with E-state index in [-0.39, 0.29) is 0 Å². The molecule has 0 N–H and O–H groups in total. The van der Waals surface area contributed by atoms with Crippen molar-refractivity contribution in [2.45, 2.75) is 6.72 Å². The molecule has 0 amide bonds. The van der Waals surface area contributed by atoms with Crippen molar-refractivity contribution in [1.29, 1.82) is 0 Å². The van der Waals surface area contributed by atoms with E-state index in [1.54, 1.807) is 0 Å². The monoisotopic (exact) mass is 452 g/mol. The Morgan fingerprint density at radius 1 is 1.11 bits per heavy atom. The zero-order valence-corrected chi connectivity index (χ0v) is 11.9. The van der Waals surface area contributed by atoms with E-state index in [0.29, 0.717) is 5.33 Å². The molecule has 0 bridgehead atoms. The zero-order valence-electron chi connectivity index (χ0n) is 3.97. The van der Waals surface area contributed by atoms with Gasteiger partial charge in [0.2, 0.25) is 3.49 Å². The second kappa shape index (κ2) is 3.83. The fraction of sp³-hybridized carbons (Fsp3) is 1.00. The lowest BCUT2D eigenvalue weighted by atomic mass is 10.5. The van der Waals surface area contributed by atoms with Crippen LogP contribution in [0.2, 0.25) is 0 Å². The van der Waals surface area contributed by atoms with Gasteiger partial charge in [-0.2, -0.15) is 0 Å². The van der Waals surface area contributed by atoms with E-state index >= 15 is 0 Å². The second-order valence-corrected chi connectivity index (χ2v) is 8.92.